The minimum Gasteiger partial charge on any atom is -0.380 e. The van der Waals surface area contributed by atoms with Crippen molar-refractivity contribution in [3.05, 3.63) is 101 Å². The van der Waals surface area contributed by atoms with E-state index >= 15 is 0 Å². The smallest absolute Gasteiger partial charge is 0.259 e. The summed E-state index contributed by atoms with van der Waals surface area (Å²) in [7, 11) is 0. The molecule has 2 aliphatic rings. The second kappa shape index (κ2) is 9.45. The summed E-state index contributed by atoms with van der Waals surface area (Å²) in [6.45, 7) is 15.6. The predicted octanol–water partition coefficient (Wildman–Crippen LogP) is 8.77. The molecule has 1 atom stereocenters. The predicted molar refractivity (Wildman–Crippen MR) is 161 cm³/mol. The molecular formula is C35H42N2O. The lowest BCUT2D eigenvalue weighted by molar-refractivity contribution is 0.0970. The second-order valence-corrected chi connectivity index (χ2v) is 12.7. The van der Waals surface area contributed by atoms with E-state index in [0.29, 0.717) is 0 Å². The number of carbonyl (C=O) groups excluding carboxylic acids is 1. The first-order valence-electron chi connectivity index (χ1n) is 14.1. The quantitative estimate of drug-likeness (QED) is 0.375. The molecule has 0 aliphatic carbocycles. The van der Waals surface area contributed by atoms with E-state index in [-0.39, 0.29) is 16.9 Å². The Kier molecular flexibility index (Phi) is 6.54. The molecule has 5 rings (SSSR count). The van der Waals surface area contributed by atoms with Crippen LogP contribution in [0.5, 0.6) is 0 Å². The number of rotatable bonds is 5. The van der Waals surface area contributed by atoms with Crippen molar-refractivity contribution in [2.75, 3.05) is 10.2 Å². The van der Waals surface area contributed by atoms with Crippen LogP contribution in [0.4, 0.5) is 11.4 Å². The summed E-state index contributed by atoms with van der Waals surface area (Å²) in [4.78, 5) is 16.0. The fourth-order valence-corrected chi connectivity index (χ4v) is 6.79. The number of hydrogen-bond donors (Lipinski definition) is 1. The van der Waals surface area contributed by atoms with E-state index in [1.54, 1.807) is 0 Å². The number of para-hydroxylation sites is 1. The molecule has 3 heteroatoms. The molecule has 0 saturated heterocycles. The van der Waals surface area contributed by atoms with Crippen molar-refractivity contribution in [3.63, 3.8) is 0 Å². The van der Waals surface area contributed by atoms with Crippen molar-refractivity contribution >= 4 is 22.9 Å². The van der Waals surface area contributed by atoms with Crippen molar-refractivity contribution < 1.29 is 4.79 Å². The molecule has 2 aliphatic heterocycles. The van der Waals surface area contributed by atoms with Crippen LogP contribution in [0.25, 0.3) is 5.57 Å². The number of benzene rings is 3. The van der Waals surface area contributed by atoms with Gasteiger partial charge in [0.1, 0.15) is 0 Å². The van der Waals surface area contributed by atoms with Gasteiger partial charge in [0.15, 0.2) is 0 Å². The zero-order valence-electron chi connectivity index (χ0n) is 24.1. The third-order valence-corrected chi connectivity index (χ3v) is 8.46. The summed E-state index contributed by atoms with van der Waals surface area (Å²) in [5, 5.41) is 3.73. The molecular weight excluding hydrogens is 464 g/mol. The zero-order valence-corrected chi connectivity index (χ0v) is 24.1. The minimum atomic E-state index is -0.427. The number of nitrogens with zero attached hydrogens (tertiary/aromatic N) is 1. The summed E-state index contributed by atoms with van der Waals surface area (Å²) in [5.41, 5.74) is 8.60. The van der Waals surface area contributed by atoms with Crippen molar-refractivity contribution in [1.29, 1.82) is 0 Å². The first-order valence-corrected chi connectivity index (χ1v) is 14.1. The first kappa shape index (κ1) is 26.3. The average molecular weight is 507 g/mol. The van der Waals surface area contributed by atoms with Crippen LogP contribution in [-0.4, -0.2) is 17.0 Å². The highest BCUT2D eigenvalue weighted by atomic mass is 16.2. The fraction of sp³-hybridized carbons (Fsp3) is 0.400. The van der Waals surface area contributed by atoms with Crippen LogP contribution < -0.4 is 10.2 Å². The highest BCUT2D eigenvalue weighted by Gasteiger charge is 2.43. The molecule has 1 amide bonds. The summed E-state index contributed by atoms with van der Waals surface area (Å²) >= 11 is 0. The first-order chi connectivity index (χ1) is 17.9. The van der Waals surface area contributed by atoms with E-state index in [1.165, 1.54) is 40.8 Å². The largest absolute Gasteiger partial charge is 0.380 e. The van der Waals surface area contributed by atoms with Crippen LogP contribution in [-0.2, 0) is 11.8 Å². The Morgan fingerprint density at radius 2 is 1.66 bits per heavy atom. The Hall–Kier alpha value is -3.33. The Balaban J connectivity index is 1.57. The molecule has 2 heterocycles. The van der Waals surface area contributed by atoms with E-state index < -0.39 is 5.54 Å². The molecule has 0 saturated carbocycles. The number of carbonyl (C=O) groups is 1. The standard InChI is InChI=1S/C35H42N2O/c1-8-9-12-25-15-17-26(18-16-25)32(38)37-31-20-19-27(21-28(31)24(2)22-34(37,5)6)35(7)23-33(3,4)36-30-14-11-10-13-29(30)35/h10-11,13-22,36H,8-9,12,23H2,1-7H3/t35-/m1/s1. The van der Waals surface area contributed by atoms with Crippen molar-refractivity contribution in [2.24, 2.45) is 0 Å². The third-order valence-electron chi connectivity index (χ3n) is 8.46. The second-order valence-electron chi connectivity index (χ2n) is 12.7. The van der Waals surface area contributed by atoms with E-state index in [9.17, 15) is 4.79 Å². The van der Waals surface area contributed by atoms with Gasteiger partial charge >= 0.3 is 0 Å². The van der Waals surface area contributed by atoms with Crippen LogP contribution >= 0.6 is 0 Å². The van der Waals surface area contributed by atoms with Gasteiger partial charge in [-0.05, 0) is 106 Å². The van der Waals surface area contributed by atoms with Gasteiger partial charge < -0.3 is 5.32 Å². The van der Waals surface area contributed by atoms with Crippen LogP contribution in [0.3, 0.4) is 0 Å². The van der Waals surface area contributed by atoms with Crippen LogP contribution in [0.2, 0.25) is 0 Å². The zero-order chi connectivity index (χ0) is 27.3. The highest BCUT2D eigenvalue weighted by Crippen LogP contribution is 2.49. The normalized spacial score (nSPS) is 21.1. The van der Waals surface area contributed by atoms with Crippen LogP contribution in [0.15, 0.2) is 72.8 Å². The van der Waals surface area contributed by atoms with E-state index in [2.05, 4.69) is 114 Å². The molecule has 3 aromatic carbocycles. The topological polar surface area (TPSA) is 32.3 Å². The Morgan fingerprint density at radius 1 is 0.947 bits per heavy atom. The molecule has 0 bridgehead atoms. The number of hydrogen-bond acceptors (Lipinski definition) is 2. The molecule has 0 fully saturated rings. The molecule has 38 heavy (non-hydrogen) atoms. The molecule has 3 nitrogen and oxygen atoms in total. The number of unbranched alkanes of at least 4 members (excludes halogenated alkanes) is 1. The van der Waals surface area contributed by atoms with Gasteiger partial charge in [-0.1, -0.05) is 62.7 Å². The molecule has 198 valence electrons. The molecule has 3 aromatic rings. The monoisotopic (exact) mass is 506 g/mol. The number of aryl methyl sites for hydroxylation is 1. The third kappa shape index (κ3) is 4.57. The van der Waals surface area contributed by atoms with Crippen molar-refractivity contribution in [1.82, 2.24) is 0 Å². The Bertz CT molecular complexity index is 1400. The molecule has 0 unspecified atom stereocenters. The number of anilines is 2. The lowest BCUT2D eigenvalue weighted by Crippen LogP contribution is -2.49. The van der Waals surface area contributed by atoms with Crippen LogP contribution in [0.1, 0.15) is 100 Å². The van der Waals surface area contributed by atoms with Crippen LogP contribution in [0, 0.1) is 0 Å². The SMILES string of the molecule is CCCCc1ccc(C(=O)N2c3ccc([C@@]4(C)CC(C)(C)Nc5ccccc54)cc3C(C)=CC2(C)C)cc1. The molecule has 0 radical (unpaired) electrons. The maximum absolute atomic E-state index is 14.0. The van der Waals surface area contributed by atoms with E-state index in [4.69, 9.17) is 0 Å². The van der Waals surface area contributed by atoms with Crippen molar-refractivity contribution in [2.45, 2.75) is 90.6 Å². The minimum absolute atomic E-state index is 0.0306. The molecule has 1 N–H and O–H groups in total. The Labute approximate surface area is 229 Å². The summed E-state index contributed by atoms with van der Waals surface area (Å²) in [6.07, 6.45) is 6.63. The summed E-state index contributed by atoms with van der Waals surface area (Å²) in [6, 6.07) is 23.7. The summed E-state index contributed by atoms with van der Waals surface area (Å²) in [5.74, 6) is 0.0503. The summed E-state index contributed by atoms with van der Waals surface area (Å²) < 4.78 is 0. The van der Waals surface area contributed by atoms with Gasteiger partial charge in [-0.3, -0.25) is 9.69 Å². The van der Waals surface area contributed by atoms with E-state index in [0.717, 1.165) is 29.7 Å². The molecule has 0 aromatic heterocycles. The molecule has 0 spiro atoms. The van der Waals surface area contributed by atoms with Gasteiger partial charge in [0.05, 0.1) is 11.2 Å². The number of fused-ring (bicyclic) bond motifs is 2. The number of amides is 1. The fourth-order valence-electron chi connectivity index (χ4n) is 6.79. The highest BCUT2D eigenvalue weighted by molar-refractivity contribution is 6.10. The Morgan fingerprint density at radius 3 is 2.37 bits per heavy atom. The van der Waals surface area contributed by atoms with Gasteiger partial charge in [-0.15, -0.1) is 0 Å². The average Bonchev–Trinajstić information content (AvgIpc) is 2.86. The van der Waals surface area contributed by atoms with Gasteiger partial charge in [0, 0.05) is 27.8 Å². The lowest BCUT2D eigenvalue weighted by Gasteiger charge is -2.47. The maximum Gasteiger partial charge on any atom is 0.259 e. The van der Waals surface area contributed by atoms with E-state index in [1.807, 2.05) is 17.0 Å². The maximum atomic E-state index is 14.0. The number of nitrogens with one attached hydrogen (secondary N) is 1. The van der Waals surface area contributed by atoms with Gasteiger partial charge in [0.2, 0.25) is 0 Å². The van der Waals surface area contributed by atoms with Gasteiger partial charge in [0.25, 0.3) is 5.91 Å². The van der Waals surface area contributed by atoms with Gasteiger partial charge in [-0.25, -0.2) is 0 Å². The lowest BCUT2D eigenvalue weighted by atomic mass is 9.65. The van der Waals surface area contributed by atoms with Gasteiger partial charge in [-0.2, -0.15) is 0 Å². The number of allylic oxidation sites excluding steroid dienone is 1. The van der Waals surface area contributed by atoms with Crippen molar-refractivity contribution in [3.8, 4) is 0 Å².